The molecule has 0 spiro atoms. The van der Waals surface area contributed by atoms with E-state index in [0.29, 0.717) is 5.56 Å². The van der Waals surface area contributed by atoms with Crippen LogP contribution in [0, 0.1) is 12.7 Å². The molecule has 0 aromatic heterocycles. The van der Waals surface area contributed by atoms with Gasteiger partial charge in [-0.2, -0.15) is 0 Å². The number of rotatable bonds is 5. The topological polar surface area (TPSA) is 63.6 Å². The normalized spacial score (nSPS) is 14.4. The lowest BCUT2D eigenvalue weighted by Crippen LogP contribution is -2.09. The van der Waals surface area contributed by atoms with Gasteiger partial charge in [0.1, 0.15) is 12.0 Å². The zero-order valence-corrected chi connectivity index (χ0v) is 10.5. The van der Waals surface area contributed by atoms with Crippen LogP contribution in [0.15, 0.2) is 18.2 Å². The molecule has 1 unspecified atom stereocenters. The fraction of sp³-hybridized carbons (Fsp3) is 0.364. The number of hydrogen-bond acceptors (Lipinski definition) is 3. The van der Waals surface area contributed by atoms with Crippen LogP contribution in [-0.2, 0) is 9.09 Å². The number of carbonyl (C=O) groups excluding carboxylic acids is 1. The molecule has 0 aliphatic rings. The maximum atomic E-state index is 12.8. The van der Waals surface area contributed by atoms with E-state index in [1.54, 1.807) is 13.8 Å². The van der Waals surface area contributed by atoms with E-state index in [4.69, 9.17) is 0 Å². The van der Waals surface area contributed by atoms with Crippen LogP contribution in [0.25, 0.3) is 0 Å². The Morgan fingerprint density at radius 2 is 2.18 bits per heavy atom. The summed E-state index contributed by atoms with van der Waals surface area (Å²) in [6, 6.07) is 3.65. The summed E-state index contributed by atoms with van der Waals surface area (Å²) in [4.78, 5) is 21.1. The van der Waals surface area contributed by atoms with E-state index < -0.39 is 25.4 Å². The molecule has 1 atom stereocenters. The summed E-state index contributed by atoms with van der Waals surface area (Å²) in [5, 5.41) is 0. The van der Waals surface area contributed by atoms with E-state index in [0.717, 1.165) is 6.07 Å². The third-order valence-electron chi connectivity index (χ3n) is 2.16. The largest absolute Gasteiger partial charge is 0.335 e. The van der Waals surface area contributed by atoms with Crippen molar-refractivity contribution in [3.05, 3.63) is 35.1 Å². The summed E-state index contributed by atoms with van der Waals surface area (Å²) < 4.78 is 28.8. The van der Waals surface area contributed by atoms with Crippen molar-refractivity contribution in [2.45, 2.75) is 13.8 Å². The molecule has 0 fully saturated rings. The smallest absolute Gasteiger partial charge is 0.324 e. The van der Waals surface area contributed by atoms with E-state index in [2.05, 4.69) is 4.52 Å². The van der Waals surface area contributed by atoms with Crippen LogP contribution >= 0.6 is 7.60 Å². The summed E-state index contributed by atoms with van der Waals surface area (Å²) in [6.07, 6.45) is -0.590. The minimum atomic E-state index is -3.89. The van der Waals surface area contributed by atoms with Gasteiger partial charge in [0, 0.05) is 5.56 Å². The van der Waals surface area contributed by atoms with Gasteiger partial charge in [0.2, 0.25) is 0 Å². The molecule has 0 radical (unpaired) electrons. The minimum absolute atomic E-state index is 0.0590. The molecule has 0 amide bonds. The molecule has 1 rings (SSSR count). The van der Waals surface area contributed by atoms with Gasteiger partial charge in [-0.15, -0.1) is 0 Å². The molecule has 1 aromatic carbocycles. The van der Waals surface area contributed by atoms with Crippen molar-refractivity contribution in [2.75, 3.05) is 12.8 Å². The van der Waals surface area contributed by atoms with E-state index in [1.165, 1.54) is 12.1 Å². The van der Waals surface area contributed by atoms with E-state index in [-0.39, 0.29) is 12.2 Å². The molecule has 17 heavy (non-hydrogen) atoms. The SMILES string of the molecule is CCOP(=O)(O)CC(=O)c1ccc(F)cc1C. The Balaban J connectivity index is 2.87. The number of benzene rings is 1. The van der Waals surface area contributed by atoms with Gasteiger partial charge in [0.05, 0.1) is 6.61 Å². The highest BCUT2D eigenvalue weighted by molar-refractivity contribution is 7.53. The monoisotopic (exact) mass is 260 g/mol. The molecule has 0 saturated heterocycles. The zero-order chi connectivity index (χ0) is 13.1. The van der Waals surface area contributed by atoms with Gasteiger partial charge in [-0.3, -0.25) is 9.36 Å². The number of Topliss-reactive ketones (excluding diaryl/α,β-unsaturated/α-hetero) is 1. The van der Waals surface area contributed by atoms with Crippen molar-refractivity contribution < 1.29 is 23.2 Å². The van der Waals surface area contributed by atoms with Crippen molar-refractivity contribution >= 4 is 13.4 Å². The number of carbonyl (C=O) groups is 1. The van der Waals surface area contributed by atoms with Gasteiger partial charge >= 0.3 is 7.60 Å². The molecular formula is C11H14FO4P. The second-order valence-electron chi connectivity index (χ2n) is 3.60. The van der Waals surface area contributed by atoms with E-state index in [9.17, 15) is 18.6 Å². The average molecular weight is 260 g/mol. The number of halogens is 1. The maximum absolute atomic E-state index is 12.8. The summed E-state index contributed by atoms with van der Waals surface area (Å²) >= 11 is 0. The quantitative estimate of drug-likeness (QED) is 0.652. The number of ketones is 1. The summed E-state index contributed by atoms with van der Waals surface area (Å²) in [5.74, 6) is -0.974. The molecule has 0 aliphatic heterocycles. The highest BCUT2D eigenvalue weighted by Gasteiger charge is 2.24. The van der Waals surface area contributed by atoms with Crippen LogP contribution in [0.3, 0.4) is 0 Å². The fourth-order valence-corrected chi connectivity index (χ4v) is 2.48. The molecule has 0 aliphatic carbocycles. The Morgan fingerprint density at radius 3 is 2.71 bits per heavy atom. The highest BCUT2D eigenvalue weighted by atomic mass is 31.2. The second kappa shape index (κ2) is 5.54. The van der Waals surface area contributed by atoms with Crippen LogP contribution in [0.4, 0.5) is 4.39 Å². The number of hydrogen-bond donors (Lipinski definition) is 1. The summed E-state index contributed by atoms with van der Waals surface area (Å²) in [6.45, 7) is 3.19. The average Bonchev–Trinajstić information content (AvgIpc) is 2.15. The van der Waals surface area contributed by atoms with Crippen LogP contribution in [0.2, 0.25) is 0 Å². The van der Waals surface area contributed by atoms with Crippen molar-refractivity contribution in [2.24, 2.45) is 0 Å². The molecule has 4 nitrogen and oxygen atoms in total. The van der Waals surface area contributed by atoms with Gasteiger partial charge in [-0.05, 0) is 37.6 Å². The highest BCUT2D eigenvalue weighted by Crippen LogP contribution is 2.42. The summed E-state index contributed by atoms with van der Waals surface area (Å²) in [7, 11) is -3.89. The predicted octanol–water partition coefficient (Wildman–Crippen LogP) is 2.54. The molecule has 1 aromatic rings. The Morgan fingerprint density at radius 1 is 1.53 bits per heavy atom. The van der Waals surface area contributed by atoms with Gasteiger partial charge in [-0.1, -0.05) is 0 Å². The Hall–Kier alpha value is -1.03. The first-order chi connectivity index (χ1) is 7.85. The van der Waals surface area contributed by atoms with Crippen LogP contribution in [-0.4, -0.2) is 23.4 Å². The molecule has 0 saturated carbocycles. The standard InChI is InChI=1S/C11H14FO4P/c1-3-16-17(14,15)7-11(13)10-5-4-9(12)6-8(10)2/h4-6H,3,7H2,1-2H3,(H,14,15). The third-order valence-corrected chi connectivity index (χ3v) is 3.51. The predicted molar refractivity (Wildman–Crippen MR) is 61.8 cm³/mol. The van der Waals surface area contributed by atoms with Crippen molar-refractivity contribution in [3.63, 3.8) is 0 Å². The van der Waals surface area contributed by atoms with Crippen molar-refractivity contribution in [1.29, 1.82) is 0 Å². The molecular weight excluding hydrogens is 246 g/mol. The van der Waals surface area contributed by atoms with Gasteiger partial charge in [-0.25, -0.2) is 4.39 Å². The lowest BCUT2D eigenvalue weighted by atomic mass is 10.1. The third kappa shape index (κ3) is 4.04. The van der Waals surface area contributed by atoms with Crippen LogP contribution in [0.5, 0.6) is 0 Å². The zero-order valence-electron chi connectivity index (χ0n) is 9.64. The lowest BCUT2D eigenvalue weighted by Gasteiger charge is -2.10. The first-order valence-electron chi connectivity index (χ1n) is 5.11. The van der Waals surface area contributed by atoms with Gasteiger partial charge in [0.15, 0.2) is 5.78 Å². The van der Waals surface area contributed by atoms with Crippen molar-refractivity contribution in [3.8, 4) is 0 Å². The molecule has 6 heteroatoms. The van der Waals surface area contributed by atoms with Crippen LogP contribution < -0.4 is 0 Å². The minimum Gasteiger partial charge on any atom is -0.324 e. The Bertz CT molecular complexity index is 473. The van der Waals surface area contributed by atoms with Gasteiger partial charge in [0.25, 0.3) is 0 Å². The van der Waals surface area contributed by atoms with E-state index in [1.807, 2.05) is 0 Å². The second-order valence-corrected chi connectivity index (χ2v) is 5.45. The maximum Gasteiger partial charge on any atom is 0.335 e. The molecule has 94 valence electrons. The van der Waals surface area contributed by atoms with Crippen molar-refractivity contribution in [1.82, 2.24) is 0 Å². The lowest BCUT2D eigenvalue weighted by molar-refractivity contribution is 0.101. The molecule has 0 bridgehead atoms. The summed E-state index contributed by atoms with van der Waals surface area (Å²) in [5.41, 5.74) is 0.673. The number of aryl methyl sites for hydroxylation is 1. The first-order valence-corrected chi connectivity index (χ1v) is 6.87. The molecule has 0 heterocycles. The van der Waals surface area contributed by atoms with E-state index >= 15 is 0 Å². The Kier molecular flexibility index (Phi) is 4.57. The van der Waals surface area contributed by atoms with Crippen LogP contribution in [0.1, 0.15) is 22.8 Å². The first kappa shape index (κ1) is 14.0. The fourth-order valence-electron chi connectivity index (χ4n) is 1.45. The Labute approximate surface area is 99.0 Å². The van der Waals surface area contributed by atoms with Gasteiger partial charge < -0.3 is 9.42 Å². The molecule has 1 N–H and O–H groups in total.